The van der Waals surface area contributed by atoms with Crippen LogP contribution in [0.25, 0.3) is 0 Å². The SMILES string of the molecule is COc1ccc(Cl)cc1CC(=O)c1cc(Cl)ccc1Cl. The molecule has 0 unspecified atom stereocenters. The van der Waals surface area contributed by atoms with Crippen LogP contribution in [0.1, 0.15) is 15.9 Å². The number of rotatable bonds is 4. The summed E-state index contributed by atoms with van der Waals surface area (Å²) in [4.78, 5) is 12.3. The van der Waals surface area contributed by atoms with Gasteiger partial charge in [0.2, 0.25) is 0 Å². The molecular weight excluding hydrogens is 319 g/mol. The lowest BCUT2D eigenvalue weighted by Crippen LogP contribution is -2.06. The molecule has 0 aliphatic rings. The fraction of sp³-hybridized carbons (Fsp3) is 0.133. The molecule has 2 rings (SSSR count). The van der Waals surface area contributed by atoms with Crippen LogP contribution in [-0.4, -0.2) is 12.9 Å². The van der Waals surface area contributed by atoms with Gasteiger partial charge in [0, 0.05) is 27.6 Å². The van der Waals surface area contributed by atoms with Gasteiger partial charge in [-0.3, -0.25) is 4.79 Å². The molecule has 0 aromatic heterocycles. The van der Waals surface area contributed by atoms with Gasteiger partial charge in [0.1, 0.15) is 5.75 Å². The third-order valence-electron chi connectivity index (χ3n) is 2.82. The summed E-state index contributed by atoms with van der Waals surface area (Å²) in [6.45, 7) is 0. The third kappa shape index (κ3) is 3.45. The molecule has 5 heteroatoms. The Kier molecular flexibility index (Phi) is 4.92. The lowest BCUT2D eigenvalue weighted by Gasteiger charge is -2.09. The quantitative estimate of drug-likeness (QED) is 0.731. The maximum atomic E-state index is 12.3. The van der Waals surface area contributed by atoms with E-state index in [2.05, 4.69) is 0 Å². The summed E-state index contributed by atoms with van der Waals surface area (Å²) in [5, 5.41) is 1.39. The van der Waals surface area contributed by atoms with Gasteiger partial charge in [-0.05, 0) is 36.4 Å². The first-order valence-corrected chi connectivity index (χ1v) is 6.95. The first-order valence-electron chi connectivity index (χ1n) is 5.82. The van der Waals surface area contributed by atoms with Crippen molar-refractivity contribution in [2.24, 2.45) is 0 Å². The molecule has 0 aliphatic heterocycles. The summed E-state index contributed by atoms with van der Waals surface area (Å²) in [6.07, 6.45) is 0.143. The van der Waals surface area contributed by atoms with Gasteiger partial charge >= 0.3 is 0 Å². The Hall–Kier alpha value is -1.22. The van der Waals surface area contributed by atoms with Gasteiger partial charge in [-0.15, -0.1) is 0 Å². The van der Waals surface area contributed by atoms with E-state index in [4.69, 9.17) is 39.5 Å². The summed E-state index contributed by atoms with van der Waals surface area (Å²) in [5.74, 6) is 0.471. The van der Waals surface area contributed by atoms with Crippen LogP contribution < -0.4 is 4.74 Å². The molecule has 0 saturated heterocycles. The molecule has 104 valence electrons. The van der Waals surface area contributed by atoms with Crippen LogP contribution in [0.2, 0.25) is 15.1 Å². The van der Waals surface area contributed by atoms with Gasteiger partial charge in [-0.2, -0.15) is 0 Å². The fourth-order valence-corrected chi connectivity index (χ4v) is 2.45. The lowest BCUT2D eigenvalue weighted by molar-refractivity contribution is 0.0992. The number of hydrogen-bond acceptors (Lipinski definition) is 2. The minimum Gasteiger partial charge on any atom is -0.496 e. The van der Waals surface area contributed by atoms with Crippen molar-refractivity contribution in [2.75, 3.05) is 7.11 Å². The zero-order chi connectivity index (χ0) is 14.7. The Morgan fingerprint density at radius 3 is 2.40 bits per heavy atom. The topological polar surface area (TPSA) is 26.3 Å². The molecule has 0 atom stereocenters. The van der Waals surface area contributed by atoms with E-state index in [1.165, 1.54) is 0 Å². The molecule has 0 amide bonds. The highest BCUT2D eigenvalue weighted by Crippen LogP contribution is 2.26. The van der Waals surface area contributed by atoms with Crippen molar-refractivity contribution in [3.63, 3.8) is 0 Å². The van der Waals surface area contributed by atoms with Crippen molar-refractivity contribution in [3.8, 4) is 5.75 Å². The highest BCUT2D eigenvalue weighted by molar-refractivity contribution is 6.36. The summed E-state index contributed by atoms with van der Waals surface area (Å²) in [6, 6.07) is 9.94. The second-order valence-electron chi connectivity index (χ2n) is 4.18. The number of ether oxygens (including phenoxy) is 1. The first-order chi connectivity index (χ1) is 9.51. The van der Waals surface area contributed by atoms with Gasteiger partial charge < -0.3 is 4.74 Å². The van der Waals surface area contributed by atoms with E-state index in [1.54, 1.807) is 43.5 Å². The predicted molar refractivity (Wildman–Crippen MR) is 82.5 cm³/mol. The minimum atomic E-state index is -0.141. The van der Waals surface area contributed by atoms with Crippen LogP contribution in [0.15, 0.2) is 36.4 Å². The Morgan fingerprint density at radius 2 is 1.70 bits per heavy atom. The number of halogens is 3. The number of Topliss-reactive ketones (excluding diaryl/α,β-unsaturated/α-hetero) is 1. The number of carbonyl (C=O) groups is 1. The molecule has 2 aromatic rings. The number of ketones is 1. The molecule has 0 heterocycles. The maximum Gasteiger partial charge on any atom is 0.168 e. The smallest absolute Gasteiger partial charge is 0.168 e. The fourth-order valence-electron chi connectivity index (χ4n) is 1.86. The number of methoxy groups -OCH3 is 1. The van der Waals surface area contributed by atoms with E-state index in [9.17, 15) is 4.79 Å². The van der Waals surface area contributed by atoms with Crippen LogP contribution in [0.5, 0.6) is 5.75 Å². The van der Waals surface area contributed by atoms with Crippen molar-refractivity contribution in [2.45, 2.75) is 6.42 Å². The summed E-state index contributed by atoms with van der Waals surface area (Å²) in [7, 11) is 1.55. The molecule has 0 fully saturated rings. The molecule has 0 bridgehead atoms. The summed E-state index contributed by atoms with van der Waals surface area (Å²) < 4.78 is 5.22. The zero-order valence-corrected chi connectivity index (χ0v) is 12.9. The number of hydrogen-bond donors (Lipinski definition) is 0. The highest BCUT2D eigenvalue weighted by Gasteiger charge is 2.14. The summed E-state index contributed by atoms with van der Waals surface area (Å²) >= 11 is 17.9. The molecule has 2 aromatic carbocycles. The third-order valence-corrected chi connectivity index (χ3v) is 3.62. The van der Waals surface area contributed by atoms with E-state index in [0.717, 1.165) is 0 Å². The van der Waals surface area contributed by atoms with Crippen LogP contribution in [-0.2, 0) is 6.42 Å². The second kappa shape index (κ2) is 6.49. The van der Waals surface area contributed by atoms with E-state index < -0.39 is 0 Å². The van der Waals surface area contributed by atoms with Crippen molar-refractivity contribution >= 4 is 40.6 Å². The van der Waals surface area contributed by atoms with Crippen molar-refractivity contribution in [1.29, 1.82) is 0 Å². The molecule has 0 N–H and O–H groups in total. The Morgan fingerprint density at radius 1 is 1.05 bits per heavy atom. The number of carbonyl (C=O) groups excluding carboxylic acids is 1. The van der Waals surface area contributed by atoms with E-state index in [1.807, 2.05) is 0 Å². The van der Waals surface area contributed by atoms with Crippen LogP contribution in [0.4, 0.5) is 0 Å². The van der Waals surface area contributed by atoms with Crippen molar-refractivity contribution < 1.29 is 9.53 Å². The monoisotopic (exact) mass is 328 g/mol. The average Bonchev–Trinajstić information content (AvgIpc) is 2.41. The highest BCUT2D eigenvalue weighted by atomic mass is 35.5. The van der Waals surface area contributed by atoms with Gasteiger partial charge in [0.25, 0.3) is 0 Å². The van der Waals surface area contributed by atoms with Gasteiger partial charge in [0.05, 0.1) is 12.1 Å². The molecule has 2 nitrogen and oxygen atoms in total. The largest absolute Gasteiger partial charge is 0.496 e. The van der Waals surface area contributed by atoms with E-state index in [0.29, 0.717) is 31.9 Å². The first kappa shape index (κ1) is 15.2. The predicted octanol–water partition coefficient (Wildman–Crippen LogP) is 5.08. The average molecular weight is 330 g/mol. The van der Waals surface area contributed by atoms with Crippen molar-refractivity contribution in [3.05, 3.63) is 62.6 Å². The maximum absolute atomic E-state index is 12.3. The zero-order valence-electron chi connectivity index (χ0n) is 10.6. The summed E-state index contributed by atoms with van der Waals surface area (Å²) in [5.41, 5.74) is 1.10. The molecular formula is C15H11Cl3O2. The van der Waals surface area contributed by atoms with Crippen LogP contribution in [0, 0.1) is 0 Å². The van der Waals surface area contributed by atoms with Gasteiger partial charge in [-0.25, -0.2) is 0 Å². The molecule has 0 aliphatic carbocycles. The van der Waals surface area contributed by atoms with E-state index >= 15 is 0 Å². The molecule has 0 spiro atoms. The lowest BCUT2D eigenvalue weighted by atomic mass is 10.0. The molecule has 20 heavy (non-hydrogen) atoms. The number of benzene rings is 2. The Balaban J connectivity index is 2.32. The second-order valence-corrected chi connectivity index (χ2v) is 5.46. The van der Waals surface area contributed by atoms with Crippen LogP contribution in [0.3, 0.4) is 0 Å². The Labute approximate surface area is 132 Å². The Bertz CT molecular complexity index is 654. The molecule has 0 saturated carbocycles. The van der Waals surface area contributed by atoms with Gasteiger partial charge in [-0.1, -0.05) is 34.8 Å². The van der Waals surface area contributed by atoms with Crippen LogP contribution >= 0.6 is 34.8 Å². The minimum absolute atomic E-state index is 0.141. The van der Waals surface area contributed by atoms with Crippen molar-refractivity contribution in [1.82, 2.24) is 0 Å². The van der Waals surface area contributed by atoms with Gasteiger partial charge in [0.15, 0.2) is 5.78 Å². The normalized spacial score (nSPS) is 10.4. The van der Waals surface area contributed by atoms with E-state index in [-0.39, 0.29) is 12.2 Å². The molecule has 0 radical (unpaired) electrons. The standard InChI is InChI=1S/C15H11Cl3O2/c1-20-15-5-3-10(16)6-9(15)7-14(19)12-8-11(17)2-4-13(12)18/h2-6,8H,7H2,1H3.